The summed E-state index contributed by atoms with van der Waals surface area (Å²) in [6.45, 7) is 4.00. The molecule has 1 aromatic rings. The minimum Gasteiger partial charge on any atom is -0.383 e. The summed E-state index contributed by atoms with van der Waals surface area (Å²) in [6.07, 6.45) is -3.32. The molecule has 0 saturated heterocycles. The first-order valence-electron chi connectivity index (χ1n) is 4.87. The fraction of sp³-hybridized carbons (Fsp3) is 0.455. The van der Waals surface area contributed by atoms with Gasteiger partial charge >= 0.3 is 6.18 Å². The van der Waals surface area contributed by atoms with Crippen LogP contribution in [0, 0.1) is 0 Å². The minimum absolute atomic E-state index is 0.265. The highest BCUT2D eigenvalue weighted by Gasteiger charge is 2.29. The molecule has 0 amide bonds. The van der Waals surface area contributed by atoms with Gasteiger partial charge in [0.25, 0.3) is 0 Å². The molecule has 1 aromatic carbocycles. The molecule has 15 heavy (non-hydrogen) atoms. The van der Waals surface area contributed by atoms with Crippen molar-refractivity contribution < 1.29 is 13.2 Å². The average molecular weight is 217 g/mol. The molecule has 0 bridgehead atoms. The van der Waals surface area contributed by atoms with Crippen LogP contribution in [0.25, 0.3) is 0 Å². The molecule has 0 aliphatic carbocycles. The molecular formula is C11H14F3N. The lowest BCUT2D eigenvalue weighted by Crippen LogP contribution is -2.13. The summed E-state index contributed by atoms with van der Waals surface area (Å²) in [7, 11) is 0. The zero-order chi connectivity index (χ0) is 11.5. The second-order valence-electron chi connectivity index (χ2n) is 3.53. The van der Waals surface area contributed by atoms with E-state index in [0.717, 1.165) is 24.2 Å². The van der Waals surface area contributed by atoms with Gasteiger partial charge in [0.1, 0.15) is 0 Å². The molecule has 0 aromatic heterocycles. The Bertz CT molecular complexity index is 303. The fourth-order valence-electron chi connectivity index (χ4n) is 1.14. The second kappa shape index (κ2) is 4.55. The van der Waals surface area contributed by atoms with Gasteiger partial charge in [-0.25, -0.2) is 0 Å². The molecule has 1 atom stereocenters. The maximum Gasteiger partial charge on any atom is 0.416 e. The lowest BCUT2D eigenvalue weighted by atomic mass is 10.2. The molecule has 0 fully saturated rings. The van der Waals surface area contributed by atoms with Crippen LogP contribution in [0.4, 0.5) is 18.9 Å². The molecule has 1 nitrogen and oxygen atoms in total. The van der Waals surface area contributed by atoms with Gasteiger partial charge in [-0.3, -0.25) is 0 Å². The van der Waals surface area contributed by atoms with E-state index in [1.807, 2.05) is 13.8 Å². The van der Waals surface area contributed by atoms with Gasteiger partial charge in [0.05, 0.1) is 5.56 Å². The summed E-state index contributed by atoms with van der Waals surface area (Å²) in [5.74, 6) is 0. The van der Waals surface area contributed by atoms with E-state index in [-0.39, 0.29) is 6.04 Å². The van der Waals surface area contributed by atoms with Crippen molar-refractivity contribution in [3.05, 3.63) is 29.8 Å². The van der Waals surface area contributed by atoms with E-state index in [0.29, 0.717) is 0 Å². The molecule has 0 aliphatic heterocycles. The predicted molar refractivity (Wildman–Crippen MR) is 54.8 cm³/mol. The Balaban J connectivity index is 2.73. The molecular weight excluding hydrogens is 203 g/mol. The van der Waals surface area contributed by atoms with Gasteiger partial charge in [-0.15, -0.1) is 0 Å². The van der Waals surface area contributed by atoms with E-state index in [1.165, 1.54) is 12.1 Å². The number of hydrogen-bond donors (Lipinski definition) is 1. The molecule has 0 heterocycles. The predicted octanol–water partition coefficient (Wildman–Crippen LogP) is 3.92. The number of alkyl halides is 3. The van der Waals surface area contributed by atoms with Crippen LogP contribution in [0.15, 0.2) is 24.3 Å². The number of rotatable bonds is 3. The van der Waals surface area contributed by atoms with Crippen molar-refractivity contribution in [2.45, 2.75) is 32.5 Å². The number of anilines is 1. The van der Waals surface area contributed by atoms with Crippen molar-refractivity contribution in [2.24, 2.45) is 0 Å². The van der Waals surface area contributed by atoms with Crippen LogP contribution in [0.5, 0.6) is 0 Å². The molecule has 4 heteroatoms. The summed E-state index contributed by atoms with van der Waals surface area (Å²) in [4.78, 5) is 0. The SMILES string of the molecule is CC[C@H](C)Nc1ccc(C(F)(F)F)cc1. The van der Waals surface area contributed by atoms with Gasteiger partial charge in [0.15, 0.2) is 0 Å². The van der Waals surface area contributed by atoms with Crippen molar-refractivity contribution >= 4 is 5.69 Å². The van der Waals surface area contributed by atoms with Crippen molar-refractivity contribution in [1.82, 2.24) is 0 Å². The summed E-state index contributed by atoms with van der Waals surface area (Å²) in [6, 6.07) is 5.35. The minimum atomic E-state index is -4.26. The number of halogens is 3. The first kappa shape index (κ1) is 11.9. The summed E-state index contributed by atoms with van der Waals surface area (Å²) in [5, 5.41) is 3.10. The van der Waals surface area contributed by atoms with Crippen molar-refractivity contribution in [2.75, 3.05) is 5.32 Å². The van der Waals surface area contributed by atoms with Crippen LogP contribution in [-0.4, -0.2) is 6.04 Å². The van der Waals surface area contributed by atoms with E-state index in [9.17, 15) is 13.2 Å². The van der Waals surface area contributed by atoms with Gasteiger partial charge < -0.3 is 5.32 Å². The molecule has 1 N–H and O–H groups in total. The third kappa shape index (κ3) is 3.46. The molecule has 0 unspecified atom stereocenters. The fourth-order valence-corrected chi connectivity index (χ4v) is 1.14. The second-order valence-corrected chi connectivity index (χ2v) is 3.53. The Morgan fingerprint density at radius 3 is 2.13 bits per heavy atom. The highest BCUT2D eigenvalue weighted by Crippen LogP contribution is 2.29. The van der Waals surface area contributed by atoms with Gasteiger partial charge in [-0.2, -0.15) is 13.2 Å². The topological polar surface area (TPSA) is 12.0 Å². The Hall–Kier alpha value is -1.19. The maximum atomic E-state index is 12.2. The Kier molecular flexibility index (Phi) is 3.61. The van der Waals surface area contributed by atoms with Crippen molar-refractivity contribution in [1.29, 1.82) is 0 Å². The van der Waals surface area contributed by atoms with Crippen molar-refractivity contribution in [3.8, 4) is 0 Å². The Labute approximate surface area is 87.3 Å². The molecule has 0 radical (unpaired) electrons. The van der Waals surface area contributed by atoms with E-state index in [4.69, 9.17) is 0 Å². The van der Waals surface area contributed by atoms with E-state index >= 15 is 0 Å². The first-order chi connectivity index (χ1) is 6.93. The summed E-state index contributed by atoms with van der Waals surface area (Å²) in [5.41, 5.74) is 0.106. The van der Waals surface area contributed by atoms with Gasteiger partial charge in [-0.05, 0) is 37.6 Å². The van der Waals surface area contributed by atoms with E-state index in [2.05, 4.69) is 5.32 Å². The van der Waals surface area contributed by atoms with Crippen LogP contribution in [0.3, 0.4) is 0 Å². The van der Waals surface area contributed by atoms with E-state index in [1.54, 1.807) is 0 Å². The first-order valence-corrected chi connectivity index (χ1v) is 4.87. The number of benzene rings is 1. The van der Waals surface area contributed by atoms with Crippen molar-refractivity contribution in [3.63, 3.8) is 0 Å². The zero-order valence-corrected chi connectivity index (χ0v) is 8.73. The normalized spacial score (nSPS) is 13.7. The van der Waals surface area contributed by atoms with Crippen LogP contribution < -0.4 is 5.32 Å². The molecule has 0 saturated carbocycles. The largest absolute Gasteiger partial charge is 0.416 e. The average Bonchev–Trinajstić information content (AvgIpc) is 2.17. The Morgan fingerprint density at radius 2 is 1.73 bits per heavy atom. The van der Waals surface area contributed by atoms with Crippen LogP contribution in [-0.2, 0) is 6.18 Å². The zero-order valence-electron chi connectivity index (χ0n) is 8.73. The standard InChI is InChI=1S/C11H14F3N/c1-3-8(2)15-10-6-4-9(5-7-10)11(12,13)14/h4-8,15H,3H2,1-2H3/t8-/m0/s1. The van der Waals surface area contributed by atoms with Crippen LogP contribution in [0.2, 0.25) is 0 Å². The van der Waals surface area contributed by atoms with Crippen LogP contribution >= 0.6 is 0 Å². The molecule has 0 spiro atoms. The third-order valence-corrected chi connectivity index (χ3v) is 2.24. The highest BCUT2D eigenvalue weighted by molar-refractivity contribution is 5.45. The lowest BCUT2D eigenvalue weighted by Gasteiger charge is -2.13. The summed E-state index contributed by atoms with van der Waals surface area (Å²) < 4.78 is 36.7. The van der Waals surface area contributed by atoms with Gasteiger partial charge in [0.2, 0.25) is 0 Å². The lowest BCUT2D eigenvalue weighted by molar-refractivity contribution is -0.137. The van der Waals surface area contributed by atoms with E-state index < -0.39 is 11.7 Å². The molecule has 84 valence electrons. The smallest absolute Gasteiger partial charge is 0.383 e. The molecule has 0 aliphatic rings. The number of hydrogen-bond acceptors (Lipinski definition) is 1. The monoisotopic (exact) mass is 217 g/mol. The Morgan fingerprint density at radius 1 is 1.20 bits per heavy atom. The van der Waals surface area contributed by atoms with Gasteiger partial charge in [0, 0.05) is 11.7 Å². The maximum absolute atomic E-state index is 12.2. The third-order valence-electron chi connectivity index (χ3n) is 2.24. The number of nitrogens with one attached hydrogen (secondary N) is 1. The van der Waals surface area contributed by atoms with Crippen LogP contribution in [0.1, 0.15) is 25.8 Å². The quantitative estimate of drug-likeness (QED) is 0.809. The summed E-state index contributed by atoms with van der Waals surface area (Å²) >= 11 is 0. The van der Waals surface area contributed by atoms with Gasteiger partial charge in [-0.1, -0.05) is 6.92 Å². The molecule has 1 rings (SSSR count). The highest BCUT2D eigenvalue weighted by atomic mass is 19.4.